The summed E-state index contributed by atoms with van der Waals surface area (Å²) in [6.45, 7) is 0. The normalized spacial score (nSPS) is 10.7. The average Bonchev–Trinajstić information content (AvgIpc) is 2.84. The molecular weight excluding hydrogens is 254 g/mol. The van der Waals surface area contributed by atoms with Crippen LogP contribution in [0.15, 0.2) is 47.6 Å². The molecule has 0 saturated carbocycles. The lowest BCUT2D eigenvalue weighted by molar-refractivity contribution is 0.415. The van der Waals surface area contributed by atoms with Crippen LogP contribution < -0.4 is 10.5 Å². The first kappa shape index (κ1) is 12.2. The largest absolute Gasteiger partial charge is 0.497 e. The third-order valence-corrected chi connectivity index (χ3v) is 3.30. The molecule has 20 heavy (non-hydrogen) atoms. The van der Waals surface area contributed by atoms with Crippen molar-refractivity contribution in [2.75, 3.05) is 12.8 Å². The Balaban J connectivity index is 2.31. The van der Waals surface area contributed by atoms with Crippen LogP contribution in [0.3, 0.4) is 0 Å². The van der Waals surface area contributed by atoms with E-state index in [4.69, 9.17) is 10.5 Å². The number of rotatable bonds is 3. The lowest BCUT2D eigenvalue weighted by Crippen LogP contribution is -1.89. The summed E-state index contributed by atoms with van der Waals surface area (Å²) < 4.78 is 5.18. The Labute approximate surface area is 115 Å². The lowest BCUT2D eigenvalue weighted by Gasteiger charge is -2.02. The zero-order valence-corrected chi connectivity index (χ0v) is 10.9. The first-order valence-electron chi connectivity index (χ1n) is 6.12. The molecule has 5 nitrogen and oxygen atoms in total. The van der Waals surface area contributed by atoms with Crippen molar-refractivity contribution in [3.63, 3.8) is 0 Å². The number of nitrogens with zero attached hydrogens (tertiary/aromatic N) is 1. The molecule has 0 aliphatic heterocycles. The Morgan fingerprint density at radius 3 is 2.70 bits per heavy atom. The zero-order valence-electron chi connectivity index (χ0n) is 10.9. The predicted octanol–water partition coefficient (Wildman–Crippen LogP) is 3.82. The minimum absolute atomic E-state index is 0.344. The van der Waals surface area contributed by atoms with Crippen molar-refractivity contribution in [2.24, 2.45) is 5.18 Å². The van der Waals surface area contributed by atoms with E-state index in [-0.39, 0.29) is 0 Å². The van der Waals surface area contributed by atoms with Crippen LogP contribution in [-0.4, -0.2) is 12.1 Å². The fourth-order valence-corrected chi connectivity index (χ4v) is 2.30. The number of H-pyrrole nitrogens is 1. The van der Waals surface area contributed by atoms with Crippen LogP contribution in [0.4, 0.5) is 11.4 Å². The first-order valence-corrected chi connectivity index (χ1v) is 6.12. The second-order valence-electron chi connectivity index (χ2n) is 4.44. The van der Waals surface area contributed by atoms with Gasteiger partial charge in [-0.3, -0.25) is 0 Å². The van der Waals surface area contributed by atoms with E-state index in [1.165, 1.54) is 0 Å². The van der Waals surface area contributed by atoms with Gasteiger partial charge in [0.15, 0.2) is 0 Å². The smallest absolute Gasteiger partial charge is 0.141 e. The molecule has 3 N–H and O–H groups in total. The molecule has 1 heterocycles. The number of hydrogen-bond donors (Lipinski definition) is 2. The summed E-state index contributed by atoms with van der Waals surface area (Å²) in [7, 11) is 1.58. The van der Waals surface area contributed by atoms with Crippen LogP contribution in [0.25, 0.3) is 22.2 Å². The molecule has 0 aliphatic carbocycles. The number of nitrogen functional groups attached to an aromatic ring is 1. The number of benzene rings is 2. The number of methoxy groups -OCH3 is 1. The third-order valence-electron chi connectivity index (χ3n) is 3.30. The molecule has 5 heteroatoms. The van der Waals surface area contributed by atoms with E-state index in [1.54, 1.807) is 19.2 Å². The number of nitrogens with one attached hydrogen (secondary N) is 1. The summed E-state index contributed by atoms with van der Waals surface area (Å²) in [5.41, 5.74) is 9.11. The average molecular weight is 267 g/mol. The summed E-state index contributed by atoms with van der Waals surface area (Å²) >= 11 is 0. The van der Waals surface area contributed by atoms with Crippen molar-refractivity contribution in [3.05, 3.63) is 47.4 Å². The van der Waals surface area contributed by atoms with Gasteiger partial charge in [-0.25, -0.2) is 0 Å². The number of nitroso groups, excluding NO2 is 1. The number of aromatic amines is 1. The second kappa shape index (κ2) is 4.70. The molecule has 0 atom stereocenters. The van der Waals surface area contributed by atoms with E-state index < -0.39 is 0 Å². The molecule has 2 aromatic carbocycles. The van der Waals surface area contributed by atoms with Crippen LogP contribution in [0.2, 0.25) is 0 Å². The van der Waals surface area contributed by atoms with Gasteiger partial charge in [-0.05, 0) is 29.4 Å². The number of ether oxygens (including phenoxy) is 1. The maximum atomic E-state index is 11.2. The molecule has 0 amide bonds. The highest BCUT2D eigenvalue weighted by molar-refractivity contribution is 6.01. The lowest BCUT2D eigenvalue weighted by atomic mass is 10.1. The topological polar surface area (TPSA) is 80.5 Å². The Hall–Kier alpha value is -2.82. The highest BCUT2D eigenvalue weighted by Gasteiger charge is 2.16. The molecule has 0 spiro atoms. The van der Waals surface area contributed by atoms with Gasteiger partial charge in [-0.1, -0.05) is 18.2 Å². The summed E-state index contributed by atoms with van der Waals surface area (Å²) in [5.74, 6) is 0.675. The molecule has 3 rings (SSSR count). The molecule has 0 saturated heterocycles. The number of aromatic nitrogens is 1. The Bertz CT molecular complexity index is 793. The van der Waals surface area contributed by atoms with E-state index >= 15 is 0 Å². The maximum absolute atomic E-state index is 11.2. The van der Waals surface area contributed by atoms with E-state index in [0.717, 1.165) is 16.5 Å². The van der Waals surface area contributed by atoms with Gasteiger partial charge in [0.1, 0.15) is 11.4 Å². The SMILES string of the molecule is COc1ccc2[nH]c(-c3ccccc3N)c(N=O)c2c1. The second-order valence-corrected chi connectivity index (χ2v) is 4.44. The minimum atomic E-state index is 0.344. The van der Waals surface area contributed by atoms with Crippen LogP contribution in [0.5, 0.6) is 5.75 Å². The van der Waals surface area contributed by atoms with Gasteiger partial charge < -0.3 is 15.5 Å². The van der Waals surface area contributed by atoms with E-state index in [1.807, 2.05) is 30.3 Å². The molecule has 1 aromatic heterocycles. The van der Waals surface area contributed by atoms with Gasteiger partial charge in [0.05, 0.1) is 12.8 Å². The highest BCUT2D eigenvalue weighted by Crippen LogP contribution is 2.40. The van der Waals surface area contributed by atoms with Crippen molar-refractivity contribution in [3.8, 4) is 17.0 Å². The van der Waals surface area contributed by atoms with Crippen LogP contribution >= 0.6 is 0 Å². The molecule has 0 aliphatic rings. The van der Waals surface area contributed by atoms with E-state index in [9.17, 15) is 4.91 Å². The summed E-state index contributed by atoms with van der Waals surface area (Å²) in [5, 5.41) is 3.88. The molecule has 0 fully saturated rings. The number of anilines is 1. The van der Waals surface area contributed by atoms with Crippen molar-refractivity contribution >= 4 is 22.3 Å². The number of nitrogens with two attached hydrogens (primary N) is 1. The molecular formula is C15H13N3O2. The van der Waals surface area contributed by atoms with Gasteiger partial charge >= 0.3 is 0 Å². The highest BCUT2D eigenvalue weighted by atomic mass is 16.5. The summed E-state index contributed by atoms with van der Waals surface area (Å²) in [4.78, 5) is 14.4. The zero-order chi connectivity index (χ0) is 14.1. The monoisotopic (exact) mass is 267 g/mol. The van der Waals surface area contributed by atoms with Gasteiger partial charge in [0.25, 0.3) is 0 Å². The van der Waals surface area contributed by atoms with Gasteiger partial charge in [-0.15, -0.1) is 4.91 Å². The van der Waals surface area contributed by atoms with E-state index in [0.29, 0.717) is 22.8 Å². The van der Waals surface area contributed by atoms with Gasteiger partial charge in [0, 0.05) is 22.2 Å². The number of hydrogen-bond acceptors (Lipinski definition) is 4. The Morgan fingerprint density at radius 2 is 2.00 bits per heavy atom. The number of fused-ring (bicyclic) bond motifs is 1. The van der Waals surface area contributed by atoms with Crippen LogP contribution in [0, 0.1) is 4.91 Å². The molecule has 0 radical (unpaired) electrons. The Morgan fingerprint density at radius 1 is 1.20 bits per heavy atom. The fourth-order valence-electron chi connectivity index (χ4n) is 2.30. The fraction of sp³-hybridized carbons (Fsp3) is 0.0667. The van der Waals surface area contributed by atoms with Crippen molar-refractivity contribution < 1.29 is 4.74 Å². The van der Waals surface area contributed by atoms with Crippen LogP contribution in [0.1, 0.15) is 0 Å². The third kappa shape index (κ3) is 1.80. The predicted molar refractivity (Wildman–Crippen MR) is 80.2 cm³/mol. The molecule has 100 valence electrons. The Kier molecular flexibility index (Phi) is 2.87. The van der Waals surface area contributed by atoms with Crippen molar-refractivity contribution in [2.45, 2.75) is 0 Å². The molecule has 3 aromatic rings. The van der Waals surface area contributed by atoms with Gasteiger partial charge in [0.2, 0.25) is 0 Å². The summed E-state index contributed by atoms with van der Waals surface area (Å²) in [6.07, 6.45) is 0. The minimum Gasteiger partial charge on any atom is -0.497 e. The number of para-hydroxylation sites is 1. The molecule has 0 unspecified atom stereocenters. The standard InChI is InChI=1S/C15H13N3O2/c1-20-9-6-7-13-11(8-9)15(18-19)14(17-13)10-4-2-3-5-12(10)16/h2-8,17H,16H2,1H3. The van der Waals surface area contributed by atoms with E-state index in [2.05, 4.69) is 10.2 Å². The summed E-state index contributed by atoms with van der Waals surface area (Å²) in [6, 6.07) is 12.8. The first-order chi connectivity index (χ1) is 9.74. The van der Waals surface area contributed by atoms with Crippen molar-refractivity contribution in [1.29, 1.82) is 0 Å². The van der Waals surface area contributed by atoms with Gasteiger partial charge in [-0.2, -0.15) is 0 Å². The molecule has 0 bridgehead atoms. The van der Waals surface area contributed by atoms with Crippen LogP contribution in [-0.2, 0) is 0 Å². The quantitative estimate of drug-likeness (QED) is 0.559. The van der Waals surface area contributed by atoms with Crippen molar-refractivity contribution in [1.82, 2.24) is 4.98 Å². The maximum Gasteiger partial charge on any atom is 0.141 e.